The van der Waals surface area contributed by atoms with E-state index >= 15 is 0 Å². The molecule has 0 atom stereocenters. The van der Waals surface area contributed by atoms with Gasteiger partial charge < -0.3 is 14.0 Å². The molecule has 0 fully saturated rings. The number of hydrogen-bond donors (Lipinski definition) is 0. The summed E-state index contributed by atoms with van der Waals surface area (Å²) in [4.78, 5) is 19.0. The first-order valence-corrected chi connectivity index (χ1v) is 10.2. The van der Waals surface area contributed by atoms with E-state index < -0.39 is 0 Å². The Hall–Kier alpha value is -2.51. The molecule has 7 heteroatoms. The van der Waals surface area contributed by atoms with Crippen LogP contribution in [0.3, 0.4) is 0 Å². The lowest BCUT2D eigenvalue weighted by atomic mass is 10.2. The Bertz CT molecular complexity index is 1070. The van der Waals surface area contributed by atoms with Crippen LogP contribution in [-0.4, -0.2) is 30.9 Å². The second-order valence-electron chi connectivity index (χ2n) is 5.60. The molecule has 0 aliphatic carbocycles. The van der Waals surface area contributed by atoms with Gasteiger partial charge in [0.2, 0.25) is 0 Å². The molecule has 0 spiro atoms. The number of carbonyl (C=O) groups is 1. The monoisotopic (exact) mass is 400 g/mol. The molecule has 3 aromatic rings. The maximum atomic E-state index is 12.9. The molecule has 1 heterocycles. The molecule has 0 saturated heterocycles. The molecule has 0 N–H and O–H groups in total. The predicted octanol–water partition coefficient (Wildman–Crippen LogP) is 4.37. The molecule has 0 aliphatic heterocycles. The van der Waals surface area contributed by atoms with E-state index in [-0.39, 0.29) is 5.91 Å². The Labute approximate surface area is 166 Å². The summed E-state index contributed by atoms with van der Waals surface area (Å²) in [6, 6.07) is 11.3. The Morgan fingerprint density at radius 3 is 2.74 bits per heavy atom. The third-order valence-electron chi connectivity index (χ3n) is 4.04. The number of rotatable bonds is 6. The van der Waals surface area contributed by atoms with Crippen LogP contribution in [0.2, 0.25) is 0 Å². The highest BCUT2D eigenvalue weighted by Gasteiger charge is 2.14. The molecule has 2 aromatic carbocycles. The van der Waals surface area contributed by atoms with Crippen LogP contribution < -0.4 is 14.3 Å². The number of methoxy groups -OCH3 is 2. The largest absolute Gasteiger partial charge is 0.497 e. The van der Waals surface area contributed by atoms with Gasteiger partial charge >= 0.3 is 0 Å². The fraction of sp³-hybridized carbons (Fsp3) is 0.200. The van der Waals surface area contributed by atoms with Gasteiger partial charge in [0, 0.05) is 11.4 Å². The standard InChI is InChI=1S/C20H20N2O3S2/c1-5-10-22-16-8-7-14(26-4)12-18(16)27-20(22)21-19(23)15-11-13(24-2)6-9-17(15)25-3/h5-9,11-12H,1,10H2,2-4H3. The number of amides is 1. The fourth-order valence-electron chi connectivity index (χ4n) is 2.70. The molecule has 3 rings (SSSR count). The Kier molecular flexibility index (Phi) is 6.03. The molecule has 0 unspecified atom stereocenters. The quantitative estimate of drug-likeness (QED) is 0.455. The number of hydrogen-bond acceptors (Lipinski definition) is 5. The number of ether oxygens (including phenoxy) is 2. The van der Waals surface area contributed by atoms with Gasteiger partial charge in [-0.2, -0.15) is 4.99 Å². The first-order chi connectivity index (χ1) is 13.1. The predicted molar refractivity (Wildman–Crippen MR) is 111 cm³/mol. The third kappa shape index (κ3) is 3.94. The molecule has 1 aromatic heterocycles. The topological polar surface area (TPSA) is 52.8 Å². The lowest BCUT2D eigenvalue weighted by Crippen LogP contribution is -2.16. The van der Waals surface area contributed by atoms with Crippen LogP contribution in [0.4, 0.5) is 0 Å². The van der Waals surface area contributed by atoms with Gasteiger partial charge in [-0.05, 0) is 42.7 Å². The molecule has 0 aliphatic rings. The van der Waals surface area contributed by atoms with Crippen LogP contribution in [0.1, 0.15) is 10.4 Å². The maximum absolute atomic E-state index is 12.9. The third-order valence-corrected chi connectivity index (χ3v) is 5.80. The maximum Gasteiger partial charge on any atom is 0.283 e. The van der Waals surface area contributed by atoms with Gasteiger partial charge in [0.1, 0.15) is 11.5 Å². The number of allylic oxidation sites excluding steroid dienone is 1. The first-order valence-electron chi connectivity index (χ1n) is 8.20. The van der Waals surface area contributed by atoms with Crippen LogP contribution in [0.25, 0.3) is 10.2 Å². The molecular formula is C20H20N2O3S2. The van der Waals surface area contributed by atoms with E-state index in [0.717, 1.165) is 10.2 Å². The summed E-state index contributed by atoms with van der Waals surface area (Å²) in [5, 5.41) is 0. The van der Waals surface area contributed by atoms with Crippen molar-refractivity contribution in [1.82, 2.24) is 4.57 Å². The fourth-order valence-corrected chi connectivity index (χ4v) is 4.29. The number of aromatic nitrogens is 1. The summed E-state index contributed by atoms with van der Waals surface area (Å²) in [6.45, 7) is 4.39. The number of carbonyl (C=O) groups excluding carboxylic acids is 1. The van der Waals surface area contributed by atoms with E-state index in [1.54, 1.807) is 43.1 Å². The Morgan fingerprint density at radius 2 is 2.07 bits per heavy atom. The van der Waals surface area contributed by atoms with Crippen molar-refractivity contribution in [3.8, 4) is 11.5 Å². The van der Waals surface area contributed by atoms with E-state index in [1.807, 2.05) is 10.8 Å². The van der Waals surface area contributed by atoms with Crippen LogP contribution in [0.15, 0.2) is 58.9 Å². The minimum atomic E-state index is -0.375. The first kappa shape index (κ1) is 19.3. The number of benzene rings is 2. The summed E-state index contributed by atoms with van der Waals surface area (Å²) >= 11 is 3.16. The molecule has 5 nitrogen and oxygen atoms in total. The molecule has 0 radical (unpaired) electrons. The average molecular weight is 401 g/mol. The smallest absolute Gasteiger partial charge is 0.283 e. The van der Waals surface area contributed by atoms with Gasteiger partial charge in [-0.15, -0.1) is 18.3 Å². The van der Waals surface area contributed by atoms with Gasteiger partial charge in [0.15, 0.2) is 4.80 Å². The normalized spacial score (nSPS) is 11.6. The van der Waals surface area contributed by atoms with Crippen molar-refractivity contribution in [2.75, 3.05) is 20.5 Å². The molecule has 1 amide bonds. The molecular weight excluding hydrogens is 380 g/mol. The van der Waals surface area contributed by atoms with E-state index in [2.05, 4.69) is 29.8 Å². The average Bonchev–Trinajstić information content (AvgIpc) is 3.03. The van der Waals surface area contributed by atoms with Crippen molar-refractivity contribution < 1.29 is 14.3 Å². The summed E-state index contributed by atoms with van der Waals surface area (Å²) in [7, 11) is 3.08. The number of fused-ring (bicyclic) bond motifs is 1. The minimum absolute atomic E-state index is 0.365. The Balaban J connectivity index is 2.16. The van der Waals surface area contributed by atoms with Crippen LogP contribution in [0, 0.1) is 0 Å². The second kappa shape index (κ2) is 8.45. The Morgan fingerprint density at radius 1 is 1.26 bits per heavy atom. The van der Waals surface area contributed by atoms with Gasteiger partial charge in [-0.25, -0.2) is 0 Å². The number of thioether (sulfide) groups is 1. The van der Waals surface area contributed by atoms with Gasteiger partial charge in [-0.3, -0.25) is 4.79 Å². The second-order valence-corrected chi connectivity index (χ2v) is 7.49. The summed E-state index contributed by atoms with van der Waals surface area (Å²) < 4.78 is 13.6. The zero-order chi connectivity index (χ0) is 19.4. The summed E-state index contributed by atoms with van der Waals surface area (Å²) in [5.74, 6) is 0.667. The van der Waals surface area contributed by atoms with Crippen molar-refractivity contribution in [3.05, 3.63) is 59.4 Å². The number of thiazole rings is 1. The van der Waals surface area contributed by atoms with E-state index in [9.17, 15) is 4.79 Å². The van der Waals surface area contributed by atoms with Crippen molar-refractivity contribution in [2.24, 2.45) is 4.99 Å². The van der Waals surface area contributed by atoms with Crippen molar-refractivity contribution in [3.63, 3.8) is 0 Å². The minimum Gasteiger partial charge on any atom is -0.497 e. The highest BCUT2D eigenvalue weighted by molar-refractivity contribution is 7.98. The van der Waals surface area contributed by atoms with Crippen molar-refractivity contribution in [1.29, 1.82) is 0 Å². The molecule has 27 heavy (non-hydrogen) atoms. The van der Waals surface area contributed by atoms with Crippen LogP contribution in [0.5, 0.6) is 11.5 Å². The summed E-state index contributed by atoms with van der Waals surface area (Å²) in [5.41, 5.74) is 1.39. The van der Waals surface area contributed by atoms with E-state index in [0.29, 0.717) is 28.4 Å². The van der Waals surface area contributed by atoms with Gasteiger partial charge in [0.05, 0.1) is 30.0 Å². The summed E-state index contributed by atoms with van der Waals surface area (Å²) in [6.07, 6.45) is 3.83. The highest BCUT2D eigenvalue weighted by Crippen LogP contribution is 2.26. The van der Waals surface area contributed by atoms with E-state index in [1.165, 1.54) is 23.3 Å². The molecule has 0 saturated carbocycles. The lowest BCUT2D eigenvalue weighted by Gasteiger charge is -2.07. The molecule has 0 bridgehead atoms. The van der Waals surface area contributed by atoms with Crippen molar-refractivity contribution >= 4 is 39.2 Å². The zero-order valence-electron chi connectivity index (χ0n) is 15.4. The number of nitrogens with zero attached hydrogens (tertiary/aromatic N) is 2. The van der Waals surface area contributed by atoms with Crippen LogP contribution >= 0.6 is 23.1 Å². The van der Waals surface area contributed by atoms with Crippen molar-refractivity contribution in [2.45, 2.75) is 11.4 Å². The van der Waals surface area contributed by atoms with Gasteiger partial charge in [-0.1, -0.05) is 17.4 Å². The van der Waals surface area contributed by atoms with E-state index in [4.69, 9.17) is 9.47 Å². The van der Waals surface area contributed by atoms with Crippen LogP contribution in [-0.2, 0) is 6.54 Å². The lowest BCUT2D eigenvalue weighted by molar-refractivity contribution is 0.0994. The SMILES string of the molecule is C=CCn1c(=NC(=O)c2cc(OC)ccc2OC)sc2cc(SC)ccc21. The zero-order valence-corrected chi connectivity index (χ0v) is 17.0. The highest BCUT2D eigenvalue weighted by atomic mass is 32.2. The van der Waals surface area contributed by atoms with Gasteiger partial charge in [0.25, 0.3) is 5.91 Å². The molecule has 140 valence electrons.